The van der Waals surface area contributed by atoms with Gasteiger partial charge in [-0.2, -0.15) is 0 Å². The van der Waals surface area contributed by atoms with Crippen LogP contribution < -0.4 is 4.74 Å². The first-order valence-electron chi connectivity index (χ1n) is 9.36. The molecule has 1 aromatic carbocycles. The van der Waals surface area contributed by atoms with Gasteiger partial charge in [-0.15, -0.1) is 11.8 Å². The van der Waals surface area contributed by atoms with Crippen LogP contribution in [0.25, 0.3) is 11.1 Å². The van der Waals surface area contributed by atoms with Gasteiger partial charge in [-0.25, -0.2) is 4.39 Å². The maximum Gasteiger partial charge on any atom is 0.303 e. The summed E-state index contributed by atoms with van der Waals surface area (Å²) in [6.07, 6.45) is -0.123. The number of carbonyl (C=O) groups is 3. The summed E-state index contributed by atoms with van der Waals surface area (Å²) in [5, 5.41) is 0. The Balaban J connectivity index is 1.85. The van der Waals surface area contributed by atoms with Gasteiger partial charge in [0.15, 0.2) is 35.3 Å². The fourth-order valence-corrected chi connectivity index (χ4v) is 4.35. The van der Waals surface area contributed by atoms with Crippen LogP contribution in [-0.2, 0) is 28.6 Å². The first-order chi connectivity index (χ1) is 14.7. The number of rotatable bonds is 6. The number of furan rings is 1. The van der Waals surface area contributed by atoms with Crippen LogP contribution in [0.3, 0.4) is 0 Å². The summed E-state index contributed by atoms with van der Waals surface area (Å²) in [5.74, 6) is -2.41. The Bertz CT molecular complexity index is 945. The number of ether oxygens (including phenoxy) is 4. The van der Waals surface area contributed by atoms with E-state index in [4.69, 9.17) is 23.4 Å². The highest BCUT2D eigenvalue weighted by Gasteiger charge is 2.47. The third kappa shape index (κ3) is 5.78. The zero-order valence-electron chi connectivity index (χ0n) is 17.0. The number of thioether (sulfide) groups is 1. The van der Waals surface area contributed by atoms with Gasteiger partial charge in [0.2, 0.25) is 0 Å². The van der Waals surface area contributed by atoms with Crippen LogP contribution in [0.15, 0.2) is 41.2 Å². The van der Waals surface area contributed by atoms with Crippen LogP contribution >= 0.6 is 11.8 Å². The van der Waals surface area contributed by atoms with Gasteiger partial charge in [-0.1, -0.05) is 6.07 Å². The molecule has 0 spiro atoms. The third-order valence-electron chi connectivity index (χ3n) is 4.33. The maximum absolute atomic E-state index is 14.7. The predicted octanol–water partition coefficient (Wildman–Crippen LogP) is 3.33. The molecule has 0 radical (unpaired) electrons. The monoisotopic (exact) mass is 452 g/mol. The lowest BCUT2D eigenvalue weighted by molar-refractivity contribution is -0.186. The Morgan fingerprint density at radius 2 is 1.65 bits per heavy atom. The molecule has 0 aliphatic carbocycles. The van der Waals surface area contributed by atoms with Crippen molar-refractivity contribution in [2.24, 2.45) is 0 Å². The second-order valence-electron chi connectivity index (χ2n) is 6.77. The maximum atomic E-state index is 14.7. The lowest BCUT2D eigenvalue weighted by Crippen LogP contribution is -2.55. The van der Waals surface area contributed by atoms with Crippen molar-refractivity contribution < 1.29 is 42.1 Å². The Kier molecular flexibility index (Phi) is 7.21. The van der Waals surface area contributed by atoms with E-state index in [0.29, 0.717) is 11.1 Å². The van der Waals surface area contributed by atoms with Gasteiger partial charge in [-0.3, -0.25) is 14.4 Å². The van der Waals surface area contributed by atoms with Gasteiger partial charge in [0.25, 0.3) is 0 Å². The van der Waals surface area contributed by atoms with Crippen molar-refractivity contribution in [3.63, 3.8) is 0 Å². The van der Waals surface area contributed by atoms with E-state index in [-0.39, 0.29) is 11.5 Å². The largest absolute Gasteiger partial charge is 0.473 e. The second-order valence-corrected chi connectivity index (χ2v) is 7.90. The summed E-state index contributed by atoms with van der Waals surface area (Å²) in [4.78, 5) is 34.8. The lowest BCUT2D eigenvalue weighted by Gasteiger charge is -2.39. The zero-order valence-corrected chi connectivity index (χ0v) is 17.8. The van der Waals surface area contributed by atoms with Gasteiger partial charge in [0, 0.05) is 32.1 Å². The van der Waals surface area contributed by atoms with Gasteiger partial charge < -0.3 is 23.4 Å². The summed E-state index contributed by atoms with van der Waals surface area (Å²) in [5.41, 5.74) is 0.392. The normalized spacial score (nSPS) is 23.0. The van der Waals surface area contributed by atoms with Gasteiger partial charge in [0.1, 0.15) is 0 Å². The lowest BCUT2D eigenvalue weighted by atomic mass is 10.1. The average Bonchev–Trinajstić information content (AvgIpc) is 3.21. The topological polar surface area (TPSA) is 101 Å². The van der Waals surface area contributed by atoms with Crippen LogP contribution in [0.4, 0.5) is 4.39 Å². The molecule has 166 valence electrons. The van der Waals surface area contributed by atoms with Crippen molar-refractivity contribution in [2.75, 3.05) is 5.75 Å². The van der Waals surface area contributed by atoms with Crippen molar-refractivity contribution in [1.82, 2.24) is 0 Å². The number of benzene rings is 1. The molecule has 2 aromatic rings. The fourth-order valence-electron chi connectivity index (χ4n) is 3.14. The fraction of sp³-hybridized carbons (Fsp3) is 0.381. The highest BCUT2D eigenvalue weighted by atomic mass is 32.2. The summed E-state index contributed by atoms with van der Waals surface area (Å²) in [6, 6.07) is 6.09. The molecule has 1 saturated heterocycles. The number of hydrogen-bond donors (Lipinski definition) is 0. The van der Waals surface area contributed by atoms with Crippen LogP contribution in [0.1, 0.15) is 20.8 Å². The van der Waals surface area contributed by atoms with Crippen molar-refractivity contribution in [3.8, 4) is 16.9 Å². The van der Waals surface area contributed by atoms with E-state index < -0.39 is 47.5 Å². The van der Waals surface area contributed by atoms with E-state index in [1.807, 2.05) is 0 Å². The molecule has 3 rings (SSSR count). The highest BCUT2D eigenvalue weighted by molar-refractivity contribution is 7.99. The molecule has 0 bridgehead atoms. The molecule has 10 heteroatoms. The molecule has 31 heavy (non-hydrogen) atoms. The first kappa shape index (κ1) is 22.7. The molecule has 0 amide bonds. The smallest absolute Gasteiger partial charge is 0.303 e. The van der Waals surface area contributed by atoms with E-state index in [1.54, 1.807) is 12.1 Å². The van der Waals surface area contributed by atoms with Crippen LogP contribution in [0.2, 0.25) is 0 Å². The molecule has 0 unspecified atom stereocenters. The minimum Gasteiger partial charge on any atom is -0.473 e. The van der Waals surface area contributed by atoms with E-state index in [9.17, 15) is 18.8 Å². The Hall–Kier alpha value is -3.01. The quantitative estimate of drug-likeness (QED) is 0.482. The SMILES string of the molecule is CC(=O)O[C@@H]1[C@@H](OC(C)=O)[C@H](OC(C)=O)CS[C@H]1Oc1ccc(-c2ccoc2)cc1F. The Labute approximate surface area is 182 Å². The summed E-state index contributed by atoms with van der Waals surface area (Å²) in [6.45, 7) is 3.58. The number of esters is 3. The van der Waals surface area contributed by atoms with Gasteiger partial charge in [-0.05, 0) is 23.8 Å². The molecule has 1 aromatic heterocycles. The highest BCUT2D eigenvalue weighted by Crippen LogP contribution is 2.35. The third-order valence-corrected chi connectivity index (χ3v) is 5.55. The molecule has 0 N–H and O–H groups in total. The number of halogens is 1. The molecule has 0 saturated carbocycles. The van der Waals surface area contributed by atoms with Crippen molar-refractivity contribution in [1.29, 1.82) is 0 Å². The van der Waals surface area contributed by atoms with Crippen molar-refractivity contribution in [3.05, 3.63) is 42.6 Å². The van der Waals surface area contributed by atoms with E-state index in [0.717, 1.165) is 11.8 Å². The minimum absolute atomic E-state index is 0.0746. The van der Waals surface area contributed by atoms with E-state index in [1.165, 1.54) is 45.4 Å². The molecule has 1 fully saturated rings. The zero-order chi connectivity index (χ0) is 22.5. The summed E-state index contributed by atoms with van der Waals surface area (Å²) < 4.78 is 41.4. The molecule has 1 aliphatic heterocycles. The number of hydrogen-bond acceptors (Lipinski definition) is 9. The van der Waals surface area contributed by atoms with Crippen LogP contribution in [0, 0.1) is 5.82 Å². The van der Waals surface area contributed by atoms with Crippen molar-refractivity contribution >= 4 is 29.7 Å². The molecule has 2 heterocycles. The van der Waals surface area contributed by atoms with E-state index in [2.05, 4.69) is 0 Å². The average molecular weight is 452 g/mol. The van der Waals surface area contributed by atoms with Crippen LogP contribution in [0.5, 0.6) is 5.75 Å². The van der Waals surface area contributed by atoms with E-state index >= 15 is 0 Å². The van der Waals surface area contributed by atoms with Crippen molar-refractivity contribution in [2.45, 2.75) is 44.5 Å². The molecule has 1 aliphatic rings. The first-order valence-corrected chi connectivity index (χ1v) is 10.4. The molecular formula is C21H21FO8S. The second kappa shape index (κ2) is 9.86. The Morgan fingerprint density at radius 1 is 0.968 bits per heavy atom. The molecule has 8 nitrogen and oxygen atoms in total. The summed E-state index contributed by atoms with van der Waals surface area (Å²) in [7, 11) is 0. The Morgan fingerprint density at radius 3 is 2.23 bits per heavy atom. The molecular weight excluding hydrogens is 431 g/mol. The predicted molar refractivity (Wildman–Crippen MR) is 108 cm³/mol. The minimum atomic E-state index is -1.13. The van der Waals surface area contributed by atoms with Crippen LogP contribution in [-0.4, -0.2) is 47.4 Å². The molecule has 4 atom stereocenters. The number of carbonyl (C=O) groups excluding carboxylic acids is 3. The van der Waals surface area contributed by atoms with Gasteiger partial charge >= 0.3 is 17.9 Å². The van der Waals surface area contributed by atoms with Gasteiger partial charge in [0.05, 0.1) is 12.5 Å². The summed E-state index contributed by atoms with van der Waals surface area (Å²) >= 11 is 1.15. The standard InChI is InChI=1S/C21H21FO8S/c1-11(23)27-18-10-31-21(20(29-13(3)25)19(18)28-12(2)24)30-17-5-4-14(8-16(17)22)15-6-7-26-9-15/h4-9,18-21H,10H2,1-3H3/t18-,19+,20-,21-/m1/s1.